The lowest BCUT2D eigenvalue weighted by Crippen LogP contribution is -2.38. The van der Waals surface area contributed by atoms with Gasteiger partial charge < -0.3 is 25.1 Å². The number of ether oxygens (including phenoxy) is 2. The number of H-pyrrole nitrogens is 1. The van der Waals surface area contributed by atoms with E-state index >= 15 is 0 Å². The van der Waals surface area contributed by atoms with Crippen LogP contribution >= 0.6 is 0 Å². The Morgan fingerprint density at radius 1 is 1.14 bits per heavy atom. The Hall–Kier alpha value is -3.15. The summed E-state index contributed by atoms with van der Waals surface area (Å²) in [5, 5.41) is 7.15. The van der Waals surface area contributed by atoms with Crippen molar-refractivity contribution in [1.29, 1.82) is 0 Å². The molecule has 3 aromatic rings. The number of methoxy groups -OCH3 is 1. The van der Waals surface area contributed by atoms with E-state index in [1.807, 2.05) is 36.4 Å². The molecule has 6 heteroatoms. The molecular weight excluding hydrogens is 366 g/mol. The molecule has 1 aromatic heterocycles. The molecule has 0 aliphatic heterocycles. The lowest BCUT2D eigenvalue weighted by atomic mass is 10.1. The molecular formula is C23H27N3O3. The van der Waals surface area contributed by atoms with Crippen LogP contribution in [0, 0.1) is 0 Å². The summed E-state index contributed by atoms with van der Waals surface area (Å²) in [6.07, 6.45) is 3.74. The molecule has 0 bridgehead atoms. The molecule has 1 aliphatic rings. The molecule has 0 saturated carbocycles. The largest absolute Gasteiger partial charge is 0.497 e. The van der Waals surface area contributed by atoms with E-state index in [2.05, 4.69) is 28.6 Å². The number of carbonyl (C=O) groups excluding carboxylic acids is 1. The fourth-order valence-electron chi connectivity index (χ4n) is 3.81. The Kier molecular flexibility index (Phi) is 5.60. The minimum Gasteiger partial charge on any atom is -0.497 e. The van der Waals surface area contributed by atoms with Crippen molar-refractivity contribution in [2.75, 3.05) is 19.0 Å². The topological polar surface area (TPSA) is 75.4 Å². The first-order valence-electron chi connectivity index (χ1n) is 10.1. The minimum absolute atomic E-state index is 0.0727. The zero-order chi connectivity index (χ0) is 20.2. The fourth-order valence-corrected chi connectivity index (χ4v) is 3.81. The second-order valence-electron chi connectivity index (χ2n) is 7.42. The number of hydrogen-bond donors (Lipinski definition) is 3. The molecule has 152 valence electrons. The molecule has 2 aromatic carbocycles. The number of carbonyl (C=O) groups is 1. The highest BCUT2D eigenvalue weighted by molar-refractivity contribution is 5.90. The maximum absolute atomic E-state index is 12.4. The van der Waals surface area contributed by atoms with Crippen molar-refractivity contribution in [2.45, 2.75) is 38.6 Å². The Balaban J connectivity index is 1.33. The summed E-state index contributed by atoms with van der Waals surface area (Å²) in [5.41, 5.74) is 4.31. The summed E-state index contributed by atoms with van der Waals surface area (Å²) in [5.74, 6) is 1.66. The average molecular weight is 393 g/mol. The molecule has 29 heavy (non-hydrogen) atoms. The van der Waals surface area contributed by atoms with Gasteiger partial charge in [-0.3, -0.25) is 0 Å². The van der Waals surface area contributed by atoms with Crippen molar-refractivity contribution in [3.8, 4) is 11.5 Å². The van der Waals surface area contributed by atoms with Crippen LogP contribution in [0.2, 0.25) is 0 Å². The number of rotatable bonds is 7. The van der Waals surface area contributed by atoms with Gasteiger partial charge in [-0.05, 0) is 60.9 Å². The molecule has 6 nitrogen and oxygen atoms in total. The van der Waals surface area contributed by atoms with Crippen molar-refractivity contribution in [2.24, 2.45) is 0 Å². The van der Waals surface area contributed by atoms with Crippen LogP contribution in [0.5, 0.6) is 11.5 Å². The number of aromatic amines is 1. The number of fused-ring (bicyclic) bond motifs is 3. The van der Waals surface area contributed by atoms with Crippen LogP contribution in [0.4, 0.5) is 10.5 Å². The average Bonchev–Trinajstić information content (AvgIpc) is 3.26. The van der Waals surface area contributed by atoms with Crippen LogP contribution in [-0.4, -0.2) is 30.8 Å². The van der Waals surface area contributed by atoms with Gasteiger partial charge in [0.15, 0.2) is 0 Å². The van der Waals surface area contributed by atoms with Gasteiger partial charge in [0, 0.05) is 34.7 Å². The van der Waals surface area contributed by atoms with Crippen molar-refractivity contribution < 1.29 is 14.3 Å². The molecule has 0 spiro atoms. The Bertz CT molecular complexity index is 995. The molecule has 1 unspecified atom stereocenters. The summed E-state index contributed by atoms with van der Waals surface area (Å²) in [6.45, 7) is 2.85. The van der Waals surface area contributed by atoms with E-state index in [-0.39, 0.29) is 12.1 Å². The standard InChI is InChI=1S/C23H27N3O3/c1-3-4-11-29-17-7-5-15(6-8-17)24-23(27)25-16-12-19-20-14-18(28-2)9-10-21(20)26-22(19)13-16/h5-10,14,16,26H,3-4,11-13H2,1-2H3,(H2,24,25,27). The first-order chi connectivity index (χ1) is 14.2. The van der Waals surface area contributed by atoms with Crippen LogP contribution in [0.3, 0.4) is 0 Å². The first kappa shape index (κ1) is 19.2. The van der Waals surface area contributed by atoms with Gasteiger partial charge in [0.05, 0.1) is 13.7 Å². The summed E-state index contributed by atoms with van der Waals surface area (Å²) < 4.78 is 11.0. The zero-order valence-corrected chi connectivity index (χ0v) is 16.9. The van der Waals surface area contributed by atoms with Gasteiger partial charge in [-0.25, -0.2) is 4.79 Å². The molecule has 0 radical (unpaired) electrons. The van der Waals surface area contributed by atoms with Crippen molar-refractivity contribution in [3.63, 3.8) is 0 Å². The molecule has 1 atom stereocenters. The smallest absolute Gasteiger partial charge is 0.319 e. The number of hydrogen-bond acceptors (Lipinski definition) is 3. The summed E-state index contributed by atoms with van der Waals surface area (Å²) in [7, 11) is 1.67. The molecule has 4 rings (SSSR count). The van der Waals surface area contributed by atoms with Gasteiger partial charge in [0.1, 0.15) is 11.5 Å². The third kappa shape index (κ3) is 4.31. The predicted molar refractivity (Wildman–Crippen MR) is 115 cm³/mol. The van der Waals surface area contributed by atoms with E-state index < -0.39 is 0 Å². The Morgan fingerprint density at radius 3 is 2.69 bits per heavy atom. The number of aromatic nitrogens is 1. The predicted octanol–water partition coefficient (Wildman–Crippen LogP) is 4.64. The number of urea groups is 1. The van der Waals surface area contributed by atoms with Crippen LogP contribution < -0.4 is 20.1 Å². The van der Waals surface area contributed by atoms with Crippen molar-refractivity contribution >= 4 is 22.6 Å². The highest BCUT2D eigenvalue weighted by Crippen LogP contribution is 2.32. The normalized spacial score (nSPS) is 15.2. The first-order valence-corrected chi connectivity index (χ1v) is 10.1. The number of amides is 2. The highest BCUT2D eigenvalue weighted by atomic mass is 16.5. The van der Waals surface area contributed by atoms with E-state index in [4.69, 9.17) is 9.47 Å². The molecule has 0 saturated heterocycles. The van der Waals surface area contributed by atoms with Crippen LogP contribution in [0.25, 0.3) is 10.9 Å². The molecule has 3 N–H and O–H groups in total. The van der Waals surface area contributed by atoms with Gasteiger partial charge >= 0.3 is 6.03 Å². The van der Waals surface area contributed by atoms with Gasteiger partial charge in [0.25, 0.3) is 0 Å². The fraction of sp³-hybridized carbons (Fsp3) is 0.348. The van der Waals surface area contributed by atoms with Gasteiger partial charge in [0.2, 0.25) is 0 Å². The van der Waals surface area contributed by atoms with Gasteiger partial charge in [-0.15, -0.1) is 0 Å². The third-order valence-corrected chi connectivity index (χ3v) is 5.32. The monoisotopic (exact) mass is 393 g/mol. The Morgan fingerprint density at radius 2 is 1.93 bits per heavy atom. The second kappa shape index (κ2) is 8.47. The summed E-state index contributed by atoms with van der Waals surface area (Å²) >= 11 is 0. The Labute approximate surface area is 170 Å². The molecule has 0 fully saturated rings. The van der Waals surface area contributed by atoms with Crippen LogP contribution in [0.15, 0.2) is 42.5 Å². The zero-order valence-electron chi connectivity index (χ0n) is 16.9. The number of anilines is 1. The van der Waals surface area contributed by atoms with Crippen LogP contribution in [0.1, 0.15) is 31.0 Å². The molecule has 1 heterocycles. The number of benzene rings is 2. The second-order valence-corrected chi connectivity index (χ2v) is 7.42. The number of unbranched alkanes of at least 4 members (excludes halogenated alkanes) is 1. The SMILES string of the molecule is CCCCOc1ccc(NC(=O)NC2Cc3[nH]c4ccc(OC)cc4c3C2)cc1. The summed E-state index contributed by atoms with van der Waals surface area (Å²) in [6, 6.07) is 13.4. The summed E-state index contributed by atoms with van der Waals surface area (Å²) in [4.78, 5) is 15.9. The lowest BCUT2D eigenvalue weighted by Gasteiger charge is -2.14. The molecule has 1 aliphatic carbocycles. The van der Waals surface area contributed by atoms with E-state index in [1.165, 1.54) is 16.6 Å². The maximum atomic E-state index is 12.4. The third-order valence-electron chi connectivity index (χ3n) is 5.32. The van der Waals surface area contributed by atoms with E-state index in [1.54, 1.807) is 7.11 Å². The van der Waals surface area contributed by atoms with E-state index in [0.717, 1.165) is 48.4 Å². The lowest BCUT2D eigenvalue weighted by molar-refractivity contribution is 0.248. The minimum atomic E-state index is -0.193. The quantitative estimate of drug-likeness (QED) is 0.512. The van der Waals surface area contributed by atoms with Crippen molar-refractivity contribution in [3.05, 3.63) is 53.7 Å². The van der Waals surface area contributed by atoms with Crippen molar-refractivity contribution in [1.82, 2.24) is 10.3 Å². The van der Waals surface area contributed by atoms with E-state index in [0.29, 0.717) is 6.61 Å². The number of nitrogens with one attached hydrogen (secondary N) is 3. The van der Waals surface area contributed by atoms with Crippen LogP contribution in [-0.2, 0) is 12.8 Å². The van der Waals surface area contributed by atoms with Gasteiger partial charge in [-0.1, -0.05) is 13.3 Å². The molecule has 2 amide bonds. The van der Waals surface area contributed by atoms with E-state index in [9.17, 15) is 4.79 Å². The maximum Gasteiger partial charge on any atom is 0.319 e. The van der Waals surface area contributed by atoms with Gasteiger partial charge in [-0.2, -0.15) is 0 Å². The highest BCUT2D eigenvalue weighted by Gasteiger charge is 2.26.